The third-order valence-corrected chi connectivity index (χ3v) is 3.70. The molecule has 0 unspecified atom stereocenters. The van der Waals surface area contributed by atoms with Crippen molar-refractivity contribution in [1.29, 1.82) is 5.41 Å². The van der Waals surface area contributed by atoms with E-state index < -0.39 is 35.4 Å². The molecule has 0 fully saturated rings. The highest BCUT2D eigenvalue weighted by atomic mass is 19.1. The Morgan fingerprint density at radius 3 is 2.43 bits per heavy atom. The van der Waals surface area contributed by atoms with Gasteiger partial charge in [0.1, 0.15) is 17.5 Å². The largest absolute Gasteiger partial charge is 0.380 e. The molecule has 2 rings (SSSR count). The van der Waals surface area contributed by atoms with Gasteiger partial charge in [-0.15, -0.1) is 0 Å². The molecule has 2 aromatic rings. The van der Waals surface area contributed by atoms with E-state index >= 15 is 0 Å². The Morgan fingerprint density at radius 2 is 1.83 bits per heavy atom. The smallest absolute Gasteiger partial charge is 0.241 e. The van der Waals surface area contributed by atoms with Gasteiger partial charge < -0.3 is 26.3 Å². The van der Waals surface area contributed by atoms with Crippen molar-refractivity contribution in [1.82, 2.24) is 20.2 Å². The number of carbonyl (C=O) groups excluding carboxylic acids is 1. The number of hydrogen-bond donors (Lipinski definition) is 4. The van der Waals surface area contributed by atoms with Crippen molar-refractivity contribution in [3.8, 4) is 0 Å². The first-order chi connectivity index (χ1) is 14.2. The summed E-state index contributed by atoms with van der Waals surface area (Å²) in [6.45, 7) is -0.509. The van der Waals surface area contributed by atoms with Gasteiger partial charge in [-0.1, -0.05) is 0 Å². The second-order valence-electron chi connectivity index (χ2n) is 6.13. The number of nitrogens with zero attached hydrogens (tertiary/aromatic N) is 3. The lowest BCUT2D eigenvalue weighted by Gasteiger charge is -2.12. The molecule has 0 radical (unpaired) electrons. The minimum Gasteiger partial charge on any atom is -0.380 e. The number of rotatable bonds is 9. The highest BCUT2D eigenvalue weighted by Gasteiger charge is 2.14. The average molecular weight is 425 g/mol. The Kier molecular flexibility index (Phi) is 7.67. The number of likely N-dealkylation sites (N-methyl/N-ethyl adjacent to an activating group) is 1. The van der Waals surface area contributed by atoms with Crippen molar-refractivity contribution in [2.45, 2.75) is 6.54 Å². The van der Waals surface area contributed by atoms with Gasteiger partial charge in [0.2, 0.25) is 11.9 Å². The summed E-state index contributed by atoms with van der Waals surface area (Å²) < 4.78 is 54.3. The Labute approximate surface area is 169 Å². The zero-order valence-electron chi connectivity index (χ0n) is 16.1. The molecule has 0 spiro atoms. The highest BCUT2D eigenvalue weighted by molar-refractivity contribution is 5.80. The molecule has 160 valence electrons. The van der Waals surface area contributed by atoms with Gasteiger partial charge >= 0.3 is 0 Å². The molecule has 0 bridgehead atoms. The summed E-state index contributed by atoms with van der Waals surface area (Å²) in [6.07, 6.45) is 3.06. The molecule has 0 saturated heterocycles. The van der Waals surface area contributed by atoms with Gasteiger partial charge in [0.05, 0.1) is 18.4 Å². The van der Waals surface area contributed by atoms with E-state index in [0.717, 1.165) is 12.4 Å². The molecule has 0 aliphatic heterocycles. The van der Waals surface area contributed by atoms with E-state index in [1.807, 2.05) is 0 Å². The second kappa shape index (κ2) is 10.2. The topological polar surface area (TPSA) is 106 Å². The average Bonchev–Trinajstić information content (AvgIpc) is 2.68. The van der Waals surface area contributed by atoms with E-state index in [1.165, 1.54) is 11.1 Å². The van der Waals surface area contributed by atoms with Crippen LogP contribution in [0, 0.1) is 28.7 Å². The number of carbonyl (C=O) groups is 1. The fraction of sp³-hybridized carbons (Fsp3) is 0.222. The first-order valence-corrected chi connectivity index (χ1v) is 8.52. The lowest BCUT2D eigenvalue weighted by Crippen LogP contribution is -2.31. The van der Waals surface area contributed by atoms with Gasteiger partial charge in [-0.25, -0.2) is 22.5 Å². The number of aromatic nitrogens is 2. The van der Waals surface area contributed by atoms with Crippen LogP contribution in [-0.4, -0.2) is 47.6 Å². The molecule has 1 amide bonds. The van der Waals surface area contributed by atoms with Crippen LogP contribution < -0.4 is 16.0 Å². The van der Waals surface area contributed by atoms with E-state index in [-0.39, 0.29) is 29.9 Å². The summed E-state index contributed by atoms with van der Waals surface area (Å²) in [5.74, 6) is -4.88. The molecule has 1 aromatic carbocycles. The molecule has 1 heterocycles. The van der Waals surface area contributed by atoms with Gasteiger partial charge in [-0.2, -0.15) is 4.98 Å². The normalized spacial score (nSPS) is 11.1. The maximum atomic E-state index is 13.9. The van der Waals surface area contributed by atoms with Gasteiger partial charge in [-0.3, -0.25) is 4.79 Å². The summed E-state index contributed by atoms with van der Waals surface area (Å²) in [4.78, 5) is 20.5. The number of nitrogens with one attached hydrogen (secondary N) is 4. The van der Waals surface area contributed by atoms with Crippen molar-refractivity contribution in [3.63, 3.8) is 0 Å². The summed E-state index contributed by atoms with van der Waals surface area (Å²) in [5.41, 5.74) is -0.325. The van der Waals surface area contributed by atoms with Crippen LogP contribution in [0.3, 0.4) is 0 Å². The number of anilines is 2. The minimum absolute atomic E-state index is 0.0160. The molecule has 0 saturated carbocycles. The summed E-state index contributed by atoms with van der Waals surface area (Å²) in [7, 11) is 3.18. The van der Waals surface area contributed by atoms with E-state index in [1.54, 1.807) is 14.1 Å². The van der Waals surface area contributed by atoms with Gasteiger partial charge in [0.15, 0.2) is 11.6 Å². The van der Waals surface area contributed by atoms with Crippen molar-refractivity contribution in [3.05, 3.63) is 59.1 Å². The van der Waals surface area contributed by atoms with E-state index in [2.05, 4.69) is 25.9 Å². The van der Waals surface area contributed by atoms with Crippen LogP contribution in [0.5, 0.6) is 0 Å². The Morgan fingerprint density at radius 1 is 1.17 bits per heavy atom. The van der Waals surface area contributed by atoms with Crippen LogP contribution in [0.2, 0.25) is 0 Å². The molecule has 0 aliphatic rings. The van der Waals surface area contributed by atoms with Crippen LogP contribution in [-0.2, 0) is 11.3 Å². The fourth-order valence-corrected chi connectivity index (χ4v) is 2.11. The third kappa shape index (κ3) is 6.15. The molecule has 0 atom stereocenters. The number of amides is 1. The highest BCUT2D eigenvalue weighted by Crippen LogP contribution is 2.18. The molecule has 30 heavy (non-hydrogen) atoms. The molecule has 0 aliphatic carbocycles. The molecule has 12 heteroatoms. The monoisotopic (exact) mass is 425 g/mol. The van der Waals surface area contributed by atoms with Crippen molar-refractivity contribution in [2.24, 2.45) is 0 Å². The quantitative estimate of drug-likeness (QED) is 0.363. The van der Waals surface area contributed by atoms with Crippen molar-refractivity contribution < 1.29 is 22.4 Å². The Balaban J connectivity index is 2.09. The first-order valence-electron chi connectivity index (χ1n) is 8.52. The molecular weight excluding hydrogens is 406 g/mol. The number of benzene rings is 1. The van der Waals surface area contributed by atoms with Crippen LogP contribution in [0.25, 0.3) is 0 Å². The zero-order chi connectivity index (χ0) is 22.3. The van der Waals surface area contributed by atoms with Crippen molar-refractivity contribution >= 4 is 23.9 Å². The number of hydrogen-bond acceptors (Lipinski definition) is 7. The second-order valence-corrected chi connectivity index (χ2v) is 6.13. The van der Waals surface area contributed by atoms with Crippen LogP contribution in [0.15, 0.2) is 30.2 Å². The van der Waals surface area contributed by atoms with Crippen molar-refractivity contribution in [2.75, 3.05) is 31.3 Å². The molecular formula is C18H19F4N7O. The Hall–Kier alpha value is -3.70. The standard InChI is InChI=1S/C18H19F4N7O/c1-29(2)16(30)9-24-6-11(5-23)27-18-26-8-15(22)17(28-18)25-7-12-13(20)3-10(19)4-14(12)21/h3-6,8,23-24H,7,9H2,1-2H3,(H2,25,26,27,28)/b11-6+,23-5?. The summed E-state index contributed by atoms with van der Waals surface area (Å²) in [5, 5.41) is 15.1. The molecule has 4 N–H and O–H groups in total. The lowest BCUT2D eigenvalue weighted by atomic mass is 10.2. The SMILES string of the molecule is CN(C)C(=O)CN/C=C(\C=N)Nc1ncc(F)c(NCc2c(F)cc(F)cc2F)n1. The summed E-state index contributed by atoms with van der Waals surface area (Å²) in [6, 6.07) is 1.03. The lowest BCUT2D eigenvalue weighted by molar-refractivity contribution is -0.127. The zero-order valence-corrected chi connectivity index (χ0v) is 16.1. The minimum atomic E-state index is -1.12. The fourth-order valence-electron chi connectivity index (χ4n) is 2.11. The maximum absolute atomic E-state index is 13.9. The number of halogens is 4. The van der Waals surface area contributed by atoms with E-state index in [9.17, 15) is 22.4 Å². The number of allylic oxidation sites excluding steroid dienone is 1. The van der Waals surface area contributed by atoms with Gasteiger partial charge in [0.25, 0.3) is 0 Å². The van der Waals surface area contributed by atoms with Crippen LogP contribution in [0.1, 0.15) is 5.56 Å². The molecule has 1 aromatic heterocycles. The summed E-state index contributed by atoms with van der Waals surface area (Å²) >= 11 is 0. The van der Waals surface area contributed by atoms with Gasteiger partial charge in [0, 0.05) is 50.8 Å². The van der Waals surface area contributed by atoms with Gasteiger partial charge in [-0.05, 0) is 0 Å². The van der Waals surface area contributed by atoms with E-state index in [4.69, 9.17) is 5.41 Å². The van der Waals surface area contributed by atoms with Crippen LogP contribution >= 0.6 is 0 Å². The first kappa shape index (κ1) is 22.6. The predicted octanol–water partition coefficient (Wildman–Crippen LogP) is 2.23. The maximum Gasteiger partial charge on any atom is 0.241 e. The third-order valence-electron chi connectivity index (χ3n) is 3.70. The van der Waals surface area contributed by atoms with E-state index in [0.29, 0.717) is 12.1 Å². The predicted molar refractivity (Wildman–Crippen MR) is 103 cm³/mol. The Bertz CT molecular complexity index is 943. The van der Waals surface area contributed by atoms with Crippen LogP contribution in [0.4, 0.5) is 29.3 Å². The molecule has 8 nitrogen and oxygen atoms in total.